The molecular weight excluding hydrogens is 236 g/mol. The summed E-state index contributed by atoms with van der Waals surface area (Å²) in [5.74, 6) is -1.28. The van der Waals surface area contributed by atoms with Crippen molar-refractivity contribution < 1.29 is 14.7 Å². The molecule has 1 aromatic heterocycles. The third-order valence-corrected chi connectivity index (χ3v) is 2.44. The highest BCUT2D eigenvalue weighted by Crippen LogP contribution is 1.97. The largest absolute Gasteiger partial charge is 0.481 e. The van der Waals surface area contributed by atoms with Crippen LogP contribution in [0.15, 0.2) is 18.7 Å². The van der Waals surface area contributed by atoms with Crippen LogP contribution in [0.3, 0.4) is 0 Å². The second kappa shape index (κ2) is 6.75. The number of hydrogen-bond acceptors (Lipinski definition) is 4. The molecule has 1 heterocycles. The van der Waals surface area contributed by atoms with Crippen LogP contribution in [-0.4, -0.2) is 38.6 Å². The van der Waals surface area contributed by atoms with Crippen LogP contribution in [0.1, 0.15) is 19.8 Å². The molecule has 2 unspecified atom stereocenters. The molecule has 18 heavy (non-hydrogen) atoms. The number of aliphatic carboxylic acids is 1. The van der Waals surface area contributed by atoms with Crippen LogP contribution >= 0.6 is 0 Å². The van der Waals surface area contributed by atoms with Crippen LogP contribution in [0.25, 0.3) is 0 Å². The molecule has 1 amide bonds. The van der Waals surface area contributed by atoms with E-state index in [1.54, 1.807) is 18.7 Å². The summed E-state index contributed by atoms with van der Waals surface area (Å²) in [5, 5.41) is 11.2. The first-order valence-electron chi connectivity index (χ1n) is 5.72. The van der Waals surface area contributed by atoms with Crippen LogP contribution in [0.2, 0.25) is 0 Å². The smallest absolute Gasteiger partial charge is 0.303 e. The van der Waals surface area contributed by atoms with Crippen molar-refractivity contribution >= 4 is 11.9 Å². The molecule has 0 radical (unpaired) electrons. The van der Waals surface area contributed by atoms with Gasteiger partial charge in [-0.1, -0.05) is 0 Å². The first-order chi connectivity index (χ1) is 8.49. The van der Waals surface area contributed by atoms with Gasteiger partial charge in [0.2, 0.25) is 5.91 Å². The minimum atomic E-state index is -0.954. The minimum absolute atomic E-state index is 0.0948. The molecule has 4 N–H and O–H groups in total. The van der Waals surface area contributed by atoms with Gasteiger partial charge < -0.3 is 20.7 Å². The first-order valence-corrected chi connectivity index (χ1v) is 5.72. The monoisotopic (exact) mass is 254 g/mol. The van der Waals surface area contributed by atoms with Crippen LogP contribution in [-0.2, 0) is 16.1 Å². The SMILES string of the molecule is CC(Cn1ccnc1)NC(=O)C(N)CCC(=O)O. The lowest BCUT2D eigenvalue weighted by Crippen LogP contribution is -2.45. The maximum Gasteiger partial charge on any atom is 0.303 e. The fourth-order valence-electron chi connectivity index (χ4n) is 1.52. The minimum Gasteiger partial charge on any atom is -0.481 e. The maximum atomic E-state index is 11.6. The van der Waals surface area contributed by atoms with Crippen molar-refractivity contribution in [3.8, 4) is 0 Å². The highest BCUT2D eigenvalue weighted by Gasteiger charge is 2.16. The molecule has 7 nitrogen and oxygen atoms in total. The molecule has 1 rings (SSSR count). The van der Waals surface area contributed by atoms with Crippen molar-refractivity contribution in [2.45, 2.75) is 38.4 Å². The average molecular weight is 254 g/mol. The maximum absolute atomic E-state index is 11.6. The van der Waals surface area contributed by atoms with Crippen molar-refractivity contribution in [2.24, 2.45) is 5.73 Å². The molecule has 0 spiro atoms. The van der Waals surface area contributed by atoms with Gasteiger partial charge in [0.1, 0.15) is 0 Å². The number of imidazole rings is 1. The van der Waals surface area contributed by atoms with Gasteiger partial charge in [0.25, 0.3) is 0 Å². The van der Waals surface area contributed by atoms with Crippen LogP contribution < -0.4 is 11.1 Å². The van der Waals surface area contributed by atoms with E-state index in [4.69, 9.17) is 10.8 Å². The van der Waals surface area contributed by atoms with Gasteiger partial charge in [0.05, 0.1) is 12.4 Å². The molecule has 0 aliphatic rings. The zero-order valence-corrected chi connectivity index (χ0v) is 10.2. The lowest BCUT2D eigenvalue weighted by Gasteiger charge is -2.17. The highest BCUT2D eigenvalue weighted by atomic mass is 16.4. The molecule has 100 valence electrons. The lowest BCUT2D eigenvalue weighted by molar-refractivity contribution is -0.137. The number of aromatic nitrogens is 2. The Labute approximate surface area is 105 Å². The predicted molar refractivity (Wildman–Crippen MR) is 64.7 cm³/mol. The third-order valence-electron chi connectivity index (χ3n) is 2.44. The number of hydrogen-bond donors (Lipinski definition) is 3. The van der Waals surface area contributed by atoms with Gasteiger partial charge in [-0.25, -0.2) is 4.98 Å². The van der Waals surface area contributed by atoms with Crippen molar-refractivity contribution in [1.29, 1.82) is 0 Å². The fourth-order valence-corrected chi connectivity index (χ4v) is 1.52. The van der Waals surface area contributed by atoms with Gasteiger partial charge in [-0.3, -0.25) is 9.59 Å². The zero-order valence-electron chi connectivity index (χ0n) is 10.2. The van der Waals surface area contributed by atoms with E-state index in [-0.39, 0.29) is 24.8 Å². The standard InChI is InChI=1S/C11H18N4O3/c1-8(6-15-5-4-13-7-15)14-11(18)9(12)2-3-10(16)17/h4-5,7-9H,2-3,6,12H2,1H3,(H,14,18)(H,16,17). The molecule has 0 fully saturated rings. The van der Waals surface area contributed by atoms with E-state index in [1.165, 1.54) is 0 Å². The Balaban J connectivity index is 2.32. The summed E-state index contributed by atoms with van der Waals surface area (Å²) in [7, 11) is 0. The second-order valence-corrected chi connectivity index (χ2v) is 4.21. The topological polar surface area (TPSA) is 110 Å². The van der Waals surface area contributed by atoms with E-state index in [2.05, 4.69) is 10.3 Å². The molecular formula is C11H18N4O3. The van der Waals surface area contributed by atoms with Crippen molar-refractivity contribution in [2.75, 3.05) is 0 Å². The Bertz CT molecular complexity index is 391. The second-order valence-electron chi connectivity index (χ2n) is 4.21. The van der Waals surface area contributed by atoms with E-state index >= 15 is 0 Å². The molecule has 0 aromatic carbocycles. The summed E-state index contributed by atoms with van der Waals surface area (Å²) in [4.78, 5) is 25.9. The number of amides is 1. The summed E-state index contributed by atoms with van der Waals surface area (Å²) in [6.45, 7) is 2.44. The molecule has 1 aromatic rings. The van der Waals surface area contributed by atoms with E-state index in [1.807, 2.05) is 11.5 Å². The Morgan fingerprint density at radius 3 is 2.83 bits per heavy atom. The first kappa shape index (κ1) is 14.2. The number of carbonyl (C=O) groups excluding carboxylic acids is 1. The zero-order chi connectivity index (χ0) is 13.5. The summed E-state index contributed by atoms with van der Waals surface area (Å²) in [6.07, 6.45) is 5.15. The van der Waals surface area contributed by atoms with Gasteiger partial charge >= 0.3 is 5.97 Å². The molecule has 0 aliphatic carbocycles. The van der Waals surface area contributed by atoms with Crippen molar-refractivity contribution in [1.82, 2.24) is 14.9 Å². The average Bonchev–Trinajstić information content (AvgIpc) is 2.78. The van der Waals surface area contributed by atoms with E-state index in [9.17, 15) is 9.59 Å². The summed E-state index contributed by atoms with van der Waals surface area (Å²) >= 11 is 0. The Kier molecular flexibility index (Phi) is 5.31. The summed E-state index contributed by atoms with van der Waals surface area (Å²) in [5.41, 5.74) is 5.59. The Morgan fingerprint density at radius 1 is 1.56 bits per heavy atom. The molecule has 2 atom stereocenters. The fraction of sp³-hybridized carbons (Fsp3) is 0.545. The molecule has 0 saturated carbocycles. The van der Waals surface area contributed by atoms with Gasteiger partial charge in [0.15, 0.2) is 0 Å². The Morgan fingerprint density at radius 2 is 2.28 bits per heavy atom. The number of carboxylic acid groups (broad SMARTS) is 1. The number of carboxylic acids is 1. The Hall–Kier alpha value is -1.89. The molecule has 0 saturated heterocycles. The normalized spacial score (nSPS) is 13.9. The van der Waals surface area contributed by atoms with Crippen molar-refractivity contribution in [3.05, 3.63) is 18.7 Å². The van der Waals surface area contributed by atoms with Gasteiger partial charge in [-0.2, -0.15) is 0 Å². The molecule has 0 aliphatic heterocycles. The predicted octanol–water partition coefficient (Wildman–Crippen LogP) is -0.420. The third kappa shape index (κ3) is 4.96. The molecule has 7 heteroatoms. The quantitative estimate of drug-likeness (QED) is 0.612. The summed E-state index contributed by atoms with van der Waals surface area (Å²) in [6, 6.07) is -0.881. The molecule has 0 bridgehead atoms. The number of rotatable bonds is 7. The van der Waals surface area contributed by atoms with Crippen LogP contribution in [0.4, 0.5) is 0 Å². The van der Waals surface area contributed by atoms with E-state index in [0.29, 0.717) is 6.54 Å². The van der Waals surface area contributed by atoms with Crippen LogP contribution in [0.5, 0.6) is 0 Å². The van der Waals surface area contributed by atoms with Crippen molar-refractivity contribution in [3.63, 3.8) is 0 Å². The van der Waals surface area contributed by atoms with E-state index in [0.717, 1.165) is 0 Å². The van der Waals surface area contributed by atoms with Gasteiger partial charge in [-0.15, -0.1) is 0 Å². The van der Waals surface area contributed by atoms with E-state index < -0.39 is 12.0 Å². The number of nitrogens with two attached hydrogens (primary N) is 1. The van der Waals surface area contributed by atoms with Crippen LogP contribution in [0, 0.1) is 0 Å². The summed E-state index contributed by atoms with van der Waals surface area (Å²) < 4.78 is 1.84. The highest BCUT2D eigenvalue weighted by molar-refractivity contribution is 5.82. The number of nitrogens with zero attached hydrogens (tertiary/aromatic N) is 2. The number of carbonyl (C=O) groups is 2. The lowest BCUT2D eigenvalue weighted by atomic mass is 10.1. The number of nitrogens with one attached hydrogen (secondary N) is 1. The van der Waals surface area contributed by atoms with Gasteiger partial charge in [0, 0.05) is 31.4 Å². The van der Waals surface area contributed by atoms with Gasteiger partial charge in [-0.05, 0) is 13.3 Å².